The highest BCUT2D eigenvalue weighted by Crippen LogP contribution is 2.25. The largest absolute Gasteiger partial charge is 0.404 e. The van der Waals surface area contributed by atoms with Crippen molar-refractivity contribution in [3.05, 3.63) is 128 Å². The molecule has 4 rings (SSSR count). The Kier molecular flexibility index (Phi) is 7.56. The molecule has 36 heavy (non-hydrogen) atoms. The number of fused-ring (bicyclic) bond motifs is 1. The first-order chi connectivity index (χ1) is 17.3. The molecule has 0 aliphatic carbocycles. The molecule has 0 saturated carbocycles. The zero-order valence-corrected chi connectivity index (χ0v) is 20.1. The van der Waals surface area contributed by atoms with Gasteiger partial charge in [0.1, 0.15) is 5.82 Å². The summed E-state index contributed by atoms with van der Waals surface area (Å²) in [6.07, 6.45) is 6.37. The molecule has 1 amide bonds. The lowest BCUT2D eigenvalue weighted by molar-refractivity contribution is -0.117. The van der Waals surface area contributed by atoms with E-state index in [1.807, 2.05) is 30.3 Å². The molecule has 2 heterocycles. The van der Waals surface area contributed by atoms with E-state index in [9.17, 15) is 14.0 Å². The highest BCUT2D eigenvalue weighted by molar-refractivity contribution is 6.35. The smallest absolute Gasteiger partial charge is 0.253 e. The SMILES string of the molecule is N/C=C(\C=C(/N)Cc1ccc(Cn2ccccc2=O)cc1)C(=O)NCc1cc2c(Cl)c[nH]c2cc1F. The Hall–Kier alpha value is -4.30. The number of amides is 1. The second-order valence-electron chi connectivity index (χ2n) is 8.31. The number of carbonyl (C=O) groups is 1. The van der Waals surface area contributed by atoms with Crippen LogP contribution in [0, 0.1) is 5.82 Å². The molecule has 0 unspecified atom stereocenters. The first kappa shape index (κ1) is 24.8. The van der Waals surface area contributed by atoms with Gasteiger partial charge in [0, 0.05) is 59.8 Å². The van der Waals surface area contributed by atoms with Crippen molar-refractivity contribution in [1.82, 2.24) is 14.9 Å². The molecule has 0 bridgehead atoms. The quantitative estimate of drug-likeness (QED) is 0.215. The van der Waals surface area contributed by atoms with Gasteiger partial charge in [-0.05, 0) is 35.4 Å². The number of rotatable bonds is 8. The number of aromatic nitrogens is 2. The van der Waals surface area contributed by atoms with E-state index in [-0.39, 0.29) is 17.7 Å². The zero-order chi connectivity index (χ0) is 25.7. The van der Waals surface area contributed by atoms with Crippen molar-refractivity contribution in [2.24, 2.45) is 11.5 Å². The van der Waals surface area contributed by atoms with Crippen molar-refractivity contribution in [2.75, 3.05) is 0 Å². The monoisotopic (exact) mass is 505 g/mol. The molecule has 0 fully saturated rings. The third kappa shape index (κ3) is 5.84. The fourth-order valence-corrected chi connectivity index (χ4v) is 4.00. The minimum Gasteiger partial charge on any atom is -0.404 e. The molecule has 2 aromatic carbocycles. The predicted molar refractivity (Wildman–Crippen MR) is 140 cm³/mol. The molecule has 0 atom stereocenters. The molecule has 2 aromatic heterocycles. The van der Waals surface area contributed by atoms with Crippen LogP contribution in [-0.4, -0.2) is 15.5 Å². The maximum atomic E-state index is 14.4. The standard InChI is InChI=1S/C27H25ClFN5O2/c28-23-15-32-25-12-24(29)20(11-22(23)25)14-33-27(36)19(13-30)10-21(31)9-17-4-6-18(7-5-17)16-34-8-2-1-3-26(34)35/h1-8,10-13,15,32H,9,14,16,30-31H2,(H,33,36)/b19-13+,21-10-. The number of nitrogens with zero attached hydrogens (tertiary/aromatic N) is 1. The second-order valence-corrected chi connectivity index (χ2v) is 8.72. The number of hydrogen-bond donors (Lipinski definition) is 4. The van der Waals surface area contributed by atoms with Crippen molar-refractivity contribution >= 4 is 28.4 Å². The number of pyridine rings is 1. The summed E-state index contributed by atoms with van der Waals surface area (Å²) in [4.78, 5) is 27.4. The normalized spacial score (nSPS) is 12.2. The Morgan fingerprint density at radius 1 is 1.14 bits per heavy atom. The van der Waals surface area contributed by atoms with Gasteiger partial charge in [0.15, 0.2) is 0 Å². The van der Waals surface area contributed by atoms with Crippen LogP contribution in [0.1, 0.15) is 16.7 Å². The van der Waals surface area contributed by atoms with Crippen LogP contribution in [0.3, 0.4) is 0 Å². The van der Waals surface area contributed by atoms with Crippen LogP contribution in [0.2, 0.25) is 5.02 Å². The lowest BCUT2D eigenvalue weighted by Gasteiger charge is -2.09. The average Bonchev–Trinajstić information content (AvgIpc) is 3.22. The summed E-state index contributed by atoms with van der Waals surface area (Å²) in [7, 11) is 0. The highest BCUT2D eigenvalue weighted by atomic mass is 35.5. The van der Waals surface area contributed by atoms with E-state index in [0.717, 1.165) is 17.3 Å². The Bertz CT molecular complexity index is 1520. The molecule has 0 saturated heterocycles. The summed E-state index contributed by atoms with van der Waals surface area (Å²) in [5.41, 5.74) is 15.1. The van der Waals surface area contributed by atoms with Crippen molar-refractivity contribution < 1.29 is 9.18 Å². The fourth-order valence-electron chi connectivity index (χ4n) is 3.79. The maximum Gasteiger partial charge on any atom is 0.253 e. The van der Waals surface area contributed by atoms with Gasteiger partial charge in [-0.15, -0.1) is 0 Å². The first-order valence-corrected chi connectivity index (χ1v) is 11.6. The average molecular weight is 506 g/mol. The van der Waals surface area contributed by atoms with E-state index >= 15 is 0 Å². The number of allylic oxidation sites excluding steroid dienone is 1. The van der Waals surface area contributed by atoms with E-state index in [1.54, 1.807) is 29.1 Å². The number of aromatic amines is 1. The van der Waals surface area contributed by atoms with Crippen LogP contribution in [0.5, 0.6) is 0 Å². The molecule has 9 heteroatoms. The number of nitrogens with two attached hydrogens (primary N) is 2. The summed E-state index contributed by atoms with van der Waals surface area (Å²) in [5.74, 6) is -0.945. The van der Waals surface area contributed by atoms with Crippen molar-refractivity contribution in [1.29, 1.82) is 0 Å². The molecule has 7 nitrogen and oxygen atoms in total. The first-order valence-electron chi connectivity index (χ1n) is 11.2. The molecule has 0 aliphatic heterocycles. The van der Waals surface area contributed by atoms with E-state index in [4.69, 9.17) is 23.1 Å². The van der Waals surface area contributed by atoms with Gasteiger partial charge in [0.25, 0.3) is 11.5 Å². The van der Waals surface area contributed by atoms with Gasteiger partial charge in [-0.2, -0.15) is 0 Å². The maximum absolute atomic E-state index is 14.4. The van der Waals surface area contributed by atoms with Crippen LogP contribution >= 0.6 is 11.6 Å². The number of hydrogen-bond acceptors (Lipinski definition) is 4. The summed E-state index contributed by atoms with van der Waals surface area (Å²) < 4.78 is 16.0. The number of halogens is 2. The highest BCUT2D eigenvalue weighted by Gasteiger charge is 2.12. The van der Waals surface area contributed by atoms with Gasteiger partial charge in [0.2, 0.25) is 0 Å². The van der Waals surface area contributed by atoms with E-state index in [1.165, 1.54) is 18.2 Å². The van der Waals surface area contributed by atoms with Crippen LogP contribution in [-0.2, 0) is 24.3 Å². The Morgan fingerprint density at radius 2 is 1.89 bits per heavy atom. The van der Waals surface area contributed by atoms with Gasteiger partial charge in [-0.3, -0.25) is 9.59 Å². The molecule has 0 spiro atoms. The number of benzene rings is 2. The molecule has 0 aliphatic rings. The van der Waals surface area contributed by atoms with Gasteiger partial charge in [-0.1, -0.05) is 41.9 Å². The molecule has 0 radical (unpaired) electrons. The van der Waals surface area contributed by atoms with Gasteiger partial charge in [0.05, 0.1) is 17.1 Å². The van der Waals surface area contributed by atoms with E-state index in [0.29, 0.717) is 40.2 Å². The summed E-state index contributed by atoms with van der Waals surface area (Å²) in [5, 5.41) is 3.80. The molecule has 4 aromatic rings. The van der Waals surface area contributed by atoms with Gasteiger partial charge in [-0.25, -0.2) is 4.39 Å². The Morgan fingerprint density at radius 3 is 2.61 bits per heavy atom. The topological polar surface area (TPSA) is 119 Å². The van der Waals surface area contributed by atoms with Crippen LogP contribution < -0.4 is 22.3 Å². The number of nitrogens with one attached hydrogen (secondary N) is 2. The zero-order valence-electron chi connectivity index (χ0n) is 19.3. The van der Waals surface area contributed by atoms with E-state index < -0.39 is 11.7 Å². The van der Waals surface area contributed by atoms with Crippen LogP contribution in [0.4, 0.5) is 4.39 Å². The molecule has 6 N–H and O–H groups in total. The molecular weight excluding hydrogens is 481 g/mol. The number of carbonyl (C=O) groups excluding carboxylic acids is 1. The van der Waals surface area contributed by atoms with Gasteiger partial charge >= 0.3 is 0 Å². The lowest BCUT2D eigenvalue weighted by atomic mass is 10.1. The third-order valence-electron chi connectivity index (χ3n) is 5.70. The predicted octanol–water partition coefficient (Wildman–Crippen LogP) is 3.71. The van der Waals surface area contributed by atoms with Crippen LogP contribution in [0.25, 0.3) is 10.9 Å². The minimum absolute atomic E-state index is 0.0425. The molecule has 184 valence electrons. The number of H-pyrrole nitrogens is 1. The molecular formula is C27H25ClFN5O2. The van der Waals surface area contributed by atoms with Crippen molar-refractivity contribution in [3.8, 4) is 0 Å². The fraction of sp³-hybridized carbons (Fsp3) is 0.111. The minimum atomic E-state index is -0.483. The lowest BCUT2D eigenvalue weighted by Crippen LogP contribution is -2.25. The summed E-state index contributed by atoms with van der Waals surface area (Å²) in [6.45, 7) is 0.425. The van der Waals surface area contributed by atoms with Gasteiger partial charge < -0.3 is 26.3 Å². The summed E-state index contributed by atoms with van der Waals surface area (Å²) >= 11 is 6.11. The summed E-state index contributed by atoms with van der Waals surface area (Å²) in [6, 6.07) is 15.7. The van der Waals surface area contributed by atoms with Crippen molar-refractivity contribution in [3.63, 3.8) is 0 Å². The third-order valence-corrected chi connectivity index (χ3v) is 6.02. The Balaban J connectivity index is 1.37. The van der Waals surface area contributed by atoms with Crippen LogP contribution in [0.15, 0.2) is 95.3 Å². The second kappa shape index (κ2) is 11.0. The van der Waals surface area contributed by atoms with Crippen molar-refractivity contribution in [2.45, 2.75) is 19.5 Å². The van der Waals surface area contributed by atoms with E-state index in [2.05, 4.69) is 10.3 Å². The Labute approximate surface area is 211 Å².